The summed E-state index contributed by atoms with van der Waals surface area (Å²) in [5.41, 5.74) is 0.206. The van der Waals surface area contributed by atoms with Gasteiger partial charge in [-0.2, -0.15) is 0 Å². The number of hydrogen-bond acceptors (Lipinski definition) is 2. The Morgan fingerprint density at radius 3 is 2.92 bits per heavy atom. The lowest BCUT2D eigenvalue weighted by Crippen LogP contribution is -2.21. The summed E-state index contributed by atoms with van der Waals surface area (Å²) < 4.78 is 5.07. The van der Waals surface area contributed by atoms with E-state index >= 15 is 0 Å². The van der Waals surface area contributed by atoms with Crippen LogP contribution < -0.4 is 0 Å². The van der Waals surface area contributed by atoms with Gasteiger partial charge < -0.3 is 4.74 Å². The van der Waals surface area contributed by atoms with Crippen LogP contribution in [0.4, 0.5) is 0 Å². The van der Waals surface area contributed by atoms with E-state index < -0.39 is 0 Å². The van der Waals surface area contributed by atoms with Crippen molar-refractivity contribution in [3.63, 3.8) is 0 Å². The summed E-state index contributed by atoms with van der Waals surface area (Å²) in [5.74, 6) is 0.466. The number of carbonyl (C=O) groups excluding carboxylic acids is 1. The molecule has 1 aliphatic rings. The Balaban J connectivity index is 2.35. The van der Waals surface area contributed by atoms with E-state index in [2.05, 4.69) is 20.4 Å². The molecule has 0 aromatic heterocycles. The maximum absolute atomic E-state index is 10.9. The third-order valence-electron chi connectivity index (χ3n) is 2.81. The summed E-state index contributed by atoms with van der Waals surface area (Å²) in [6.45, 7) is 8.35. The first kappa shape index (κ1) is 10.3. The Bertz CT molecular complexity index is 210. The maximum Gasteiger partial charge on any atom is 0.330 e. The maximum atomic E-state index is 10.9. The van der Waals surface area contributed by atoms with Gasteiger partial charge in [-0.25, -0.2) is 4.79 Å². The van der Waals surface area contributed by atoms with Gasteiger partial charge in [-0.15, -0.1) is 0 Å². The van der Waals surface area contributed by atoms with Crippen molar-refractivity contribution in [2.45, 2.75) is 33.1 Å². The van der Waals surface area contributed by atoms with Crippen molar-refractivity contribution < 1.29 is 9.53 Å². The molecule has 0 aromatic carbocycles. The van der Waals surface area contributed by atoms with Crippen LogP contribution in [0.3, 0.4) is 0 Å². The van der Waals surface area contributed by atoms with Crippen LogP contribution in [-0.4, -0.2) is 12.6 Å². The fourth-order valence-electron chi connectivity index (χ4n) is 2.08. The molecule has 0 saturated heterocycles. The van der Waals surface area contributed by atoms with Gasteiger partial charge in [0, 0.05) is 11.5 Å². The molecular weight excluding hydrogens is 164 g/mol. The molecule has 2 heteroatoms. The van der Waals surface area contributed by atoms with E-state index in [9.17, 15) is 4.79 Å². The highest BCUT2D eigenvalue weighted by atomic mass is 16.5. The number of hydrogen-bond donors (Lipinski definition) is 0. The Kier molecular flexibility index (Phi) is 3.12. The second kappa shape index (κ2) is 3.95. The quantitative estimate of drug-likeness (QED) is 0.495. The van der Waals surface area contributed by atoms with Gasteiger partial charge in [0.15, 0.2) is 0 Å². The minimum absolute atomic E-state index is 0.206. The largest absolute Gasteiger partial charge is 0.462 e. The predicted molar refractivity (Wildman–Crippen MR) is 52.3 cm³/mol. The number of rotatable bonds is 3. The molecule has 0 radical (unpaired) electrons. The molecule has 1 aliphatic carbocycles. The molecular formula is C11H18O2. The van der Waals surface area contributed by atoms with Gasteiger partial charge in [0.05, 0.1) is 6.61 Å². The van der Waals surface area contributed by atoms with Gasteiger partial charge in [-0.05, 0) is 18.8 Å². The van der Waals surface area contributed by atoms with Crippen molar-refractivity contribution >= 4 is 5.97 Å². The standard InChI is InChI=1S/C11H18O2/c1-4-10(12)13-8-11(3)6-5-9(2)7-11/h4,9H,1,5-8H2,2-3H3. The Hall–Kier alpha value is -0.790. The molecule has 0 aliphatic heterocycles. The summed E-state index contributed by atoms with van der Waals surface area (Å²) in [7, 11) is 0. The van der Waals surface area contributed by atoms with E-state index in [1.807, 2.05) is 0 Å². The fourth-order valence-corrected chi connectivity index (χ4v) is 2.08. The second-order valence-corrected chi connectivity index (χ2v) is 4.47. The highest BCUT2D eigenvalue weighted by Crippen LogP contribution is 2.41. The monoisotopic (exact) mass is 182 g/mol. The van der Waals surface area contributed by atoms with Crippen LogP contribution in [0.1, 0.15) is 33.1 Å². The summed E-state index contributed by atoms with van der Waals surface area (Å²) >= 11 is 0. The first-order valence-corrected chi connectivity index (χ1v) is 4.85. The van der Waals surface area contributed by atoms with E-state index in [1.54, 1.807) is 0 Å². The molecule has 1 saturated carbocycles. The highest BCUT2D eigenvalue weighted by molar-refractivity contribution is 5.81. The van der Waals surface area contributed by atoms with Crippen molar-refractivity contribution in [1.82, 2.24) is 0 Å². The normalized spacial score (nSPS) is 32.9. The molecule has 2 unspecified atom stereocenters. The second-order valence-electron chi connectivity index (χ2n) is 4.47. The molecule has 0 spiro atoms. The molecule has 1 rings (SSSR count). The van der Waals surface area contributed by atoms with Crippen LogP contribution in [0, 0.1) is 11.3 Å². The van der Waals surface area contributed by atoms with Crippen LogP contribution in [0.15, 0.2) is 12.7 Å². The number of esters is 1. The van der Waals surface area contributed by atoms with Gasteiger partial charge in [0.1, 0.15) is 0 Å². The number of ether oxygens (including phenoxy) is 1. The van der Waals surface area contributed by atoms with E-state index in [-0.39, 0.29) is 11.4 Å². The van der Waals surface area contributed by atoms with Gasteiger partial charge in [0.2, 0.25) is 0 Å². The molecule has 13 heavy (non-hydrogen) atoms. The van der Waals surface area contributed by atoms with Crippen molar-refractivity contribution in [2.24, 2.45) is 11.3 Å². The molecule has 0 aromatic rings. The van der Waals surface area contributed by atoms with Gasteiger partial charge in [-0.1, -0.05) is 26.8 Å². The predicted octanol–water partition coefficient (Wildman–Crippen LogP) is 2.54. The fraction of sp³-hybridized carbons (Fsp3) is 0.727. The van der Waals surface area contributed by atoms with Crippen molar-refractivity contribution in [3.05, 3.63) is 12.7 Å². The van der Waals surface area contributed by atoms with Crippen LogP contribution >= 0.6 is 0 Å². The third-order valence-corrected chi connectivity index (χ3v) is 2.81. The summed E-state index contributed by atoms with van der Waals surface area (Å²) in [6, 6.07) is 0. The average Bonchev–Trinajstić information content (AvgIpc) is 2.43. The van der Waals surface area contributed by atoms with E-state index in [1.165, 1.54) is 18.9 Å². The minimum Gasteiger partial charge on any atom is -0.462 e. The lowest BCUT2D eigenvalue weighted by atomic mass is 9.89. The smallest absolute Gasteiger partial charge is 0.330 e. The SMILES string of the molecule is C=CC(=O)OCC1(C)CCC(C)C1. The van der Waals surface area contributed by atoms with Crippen molar-refractivity contribution in [1.29, 1.82) is 0 Å². The van der Waals surface area contributed by atoms with Crippen LogP contribution in [-0.2, 0) is 9.53 Å². The van der Waals surface area contributed by atoms with Gasteiger partial charge in [0.25, 0.3) is 0 Å². The van der Waals surface area contributed by atoms with E-state index in [4.69, 9.17) is 4.74 Å². The zero-order valence-corrected chi connectivity index (χ0v) is 8.51. The third kappa shape index (κ3) is 2.87. The molecule has 0 amide bonds. The topological polar surface area (TPSA) is 26.3 Å². The van der Waals surface area contributed by atoms with Gasteiger partial charge >= 0.3 is 5.97 Å². The molecule has 1 fully saturated rings. The molecule has 2 atom stereocenters. The molecule has 0 N–H and O–H groups in total. The minimum atomic E-state index is -0.305. The van der Waals surface area contributed by atoms with Crippen molar-refractivity contribution in [3.8, 4) is 0 Å². The Labute approximate surface area is 80.0 Å². The lowest BCUT2D eigenvalue weighted by Gasteiger charge is -2.22. The van der Waals surface area contributed by atoms with Crippen LogP contribution in [0.2, 0.25) is 0 Å². The Morgan fingerprint density at radius 1 is 1.77 bits per heavy atom. The lowest BCUT2D eigenvalue weighted by molar-refractivity contribution is -0.140. The van der Waals surface area contributed by atoms with Crippen LogP contribution in [0.5, 0.6) is 0 Å². The zero-order chi connectivity index (χ0) is 9.90. The molecule has 0 heterocycles. The first-order chi connectivity index (χ1) is 6.06. The molecule has 2 nitrogen and oxygen atoms in total. The average molecular weight is 182 g/mol. The van der Waals surface area contributed by atoms with E-state index in [0.29, 0.717) is 6.61 Å². The number of carbonyl (C=O) groups is 1. The highest BCUT2D eigenvalue weighted by Gasteiger charge is 2.33. The van der Waals surface area contributed by atoms with Gasteiger partial charge in [-0.3, -0.25) is 0 Å². The van der Waals surface area contributed by atoms with E-state index in [0.717, 1.165) is 12.3 Å². The molecule has 74 valence electrons. The summed E-state index contributed by atoms with van der Waals surface area (Å²) in [4.78, 5) is 10.9. The zero-order valence-electron chi connectivity index (χ0n) is 8.51. The Morgan fingerprint density at radius 2 is 2.46 bits per heavy atom. The molecule has 0 bridgehead atoms. The van der Waals surface area contributed by atoms with Crippen LogP contribution in [0.25, 0.3) is 0 Å². The van der Waals surface area contributed by atoms with Crippen molar-refractivity contribution in [2.75, 3.05) is 6.61 Å². The summed E-state index contributed by atoms with van der Waals surface area (Å²) in [5, 5.41) is 0. The first-order valence-electron chi connectivity index (χ1n) is 4.85. The summed E-state index contributed by atoms with van der Waals surface area (Å²) in [6.07, 6.45) is 4.81.